The summed E-state index contributed by atoms with van der Waals surface area (Å²) in [5.74, 6) is 0. The molecule has 1 unspecified atom stereocenters. The second-order valence-electron chi connectivity index (χ2n) is 8.58. The van der Waals surface area contributed by atoms with E-state index in [9.17, 15) is 0 Å². The molecule has 2 aromatic heterocycles. The van der Waals surface area contributed by atoms with E-state index in [0.717, 1.165) is 6.42 Å². The first-order valence-corrected chi connectivity index (χ1v) is 11.2. The molecule has 0 bridgehead atoms. The third-order valence-electron chi connectivity index (χ3n) is 6.81. The maximum absolute atomic E-state index is 2.53. The first-order chi connectivity index (χ1) is 15.9. The average Bonchev–Trinajstić information content (AvgIpc) is 3.36. The monoisotopic (exact) mass is 410 g/mol. The van der Waals surface area contributed by atoms with Gasteiger partial charge in [0, 0.05) is 32.7 Å². The topological polar surface area (TPSA) is 9.86 Å². The first-order valence-electron chi connectivity index (χ1n) is 11.2. The summed E-state index contributed by atoms with van der Waals surface area (Å²) in [4.78, 5) is 0. The Labute approximate surface area is 186 Å². The van der Waals surface area contributed by atoms with Gasteiger partial charge in [0.15, 0.2) is 0 Å². The van der Waals surface area contributed by atoms with Crippen molar-refractivity contribution in [3.05, 3.63) is 115 Å². The number of hydrogen-bond donors (Lipinski definition) is 0. The highest BCUT2D eigenvalue weighted by molar-refractivity contribution is 6.18. The van der Waals surface area contributed by atoms with E-state index < -0.39 is 0 Å². The van der Waals surface area contributed by atoms with Crippen LogP contribution in [0.15, 0.2) is 115 Å². The highest BCUT2D eigenvalue weighted by Crippen LogP contribution is 2.40. The maximum atomic E-state index is 2.53. The summed E-state index contributed by atoms with van der Waals surface area (Å²) in [5, 5.41) is 5.23. The Kier molecular flexibility index (Phi) is 3.71. The van der Waals surface area contributed by atoms with Gasteiger partial charge in [-0.15, -0.1) is 0 Å². The van der Waals surface area contributed by atoms with Gasteiger partial charge in [0.25, 0.3) is 0 Å². The molecule has 1 aliphatic rings. The van der Waals surface area contributed by atoms with Crippen molar-refractivity contribution in [2.24, 2.45) is 0 Å². The van der Waals surface area contributed by atoms with Crippen LogP contribution in [0.1, 0.15) is 12.5 Å². The second-order valence-corrected chi connectivity index (χ2v) is 8.58. The lowest BCUT2D eigenvalue weighted by Gasteiger charge is -2.18. The molecule has 0 saturated heterocycles. The van der Waals surface area contributed by atoms with Crippen LogP contribution in [0.25, 0.3) is 49.3 Å². The van der Waals surface area contributed by atoms with Crippen LogP contribution >= 0.6 is 0 Å². The second kappa shape index (κ2) is 6.73. The Morgan fingerprint density at radius 1 is 0.562 bits per heavy atom. The molecule has 7 rings (SSSR count). The molecule has 0 amide bonds. The van der Waals surface area contributed by atoms with E-state index in [-0.39, 0.29) is 0 Å². The van der Waals surface area contributed by atoms with Crippen molar-refractivity contribution in [1.82, 2.24) is 9.13 Å². The molecule has 0 spiro atoms. The lowest BCUT2D eigenvalue weighted by atomic mass is 10.1. The van der Waals surface area contributed by atoms with Gasteiger partial charge < -0.3 is 9.13 Å². The Hall–Kier alpha value is -4.04. The van der Waals surface area contributed by atoms with Crippen LogP contribution in [-0.2, 0) is 0 Å². The van der Waals surface area contributed by atoms with Crippen molar-refractivity contribution in [1.29, 1.82) is 0 Å². The molecule has 32 heavy (non-hydrogen) atoms. The van der Waals surface area contributed by atoms with Crippen molar-refractivity contribution >= 4 is 43.6 Å². The van der Waals surface area contributed by atoms with Crippen LogP contribution in [-0.4, -0.2) is 9.13 Å². The molecule has 0 radical (unpaired) electrons. The molecular weight excluding hydrogens is 388 g/mol. The van der Waals surface area contributed by atoms with E-state index in [0.29, 0.717) is 6.04 Å². The average molecular weight is 411 g/mol. The van der Waals surface area contributed by atoms with E-state index in [1.807, 2.05) is 0 Å². The summed E-state index contributed by atoms with van der Waals surface area (Å²) < 4.78 is 4.93. The van der Waals surface area contributed by atoms with E-state index in [4.69, 9.17) is 0 Å². The summed E-state index contributed by atoms with van der Waals surface area (Å²) in [6.45, 7) is 0. The smallest absolute Gasteiger partial charge is 0.0560 e. The number of aromatic nitrogens is 2. The van der Waals surface area contributed by atoms with E-state index in [1.165, 1.54) is 49.3 Å². The molecule has 1 aliphatic carbocycles. The normalized spacial score (nSPS) is 16.1. The van der Waals surface area contributed by atoms with Gasteiger partial charge in [0.1, 0.15) is 0 Å². The van der Waals surface area contributed by atoms with Gasteiger partial charge in [-0.3, -0.25) is 0 Å². The SMILES string of the molecule is C1=CCC(n2c3ccccc3c3cc4c(cc32)c2ccccc2n4-c2ccccc2)C=C1. The highest BCUT2D eigenvalue weighted by Gasteiger charge is 2.20. The summed E-state index contributed by atoms with van der Waals surface area (Å²) in [5.41, 5.74) is 6.31. The van der Waals surface area contributed by atoms with Crippen molar-refractivity contribution in [2.45, 2.75) is 12.5 Å². The Balaban J connectivity index is 1.66. The molecule has 0 aliphatic heterocycles. The van der Waals surface area contributed by atoms with Gasteiger partial charge in [-0.05, 0) is 42.8 Å². The van der Waals surface area contributed by atoms with Crippen molar-refractivity contribution in [2.75, 3.05) is 0 Å². The van der Waals surface area contributed by atoms with Gasteiger partial charge >= 0.3 is 0 Å². The fourth-order valence-corrected chi connectivity index (χ4v) is 5.43. The number of rotatable bonds is 2. The highest BCUT2D eigenvalue weighted by atomic mass is 15.0. The third kappa shape index (κ3) is 2.41. The lowest BCUT2D eigenvalue weighted by Crippen LogP contribution is -2.06. The first kappa shape index (κ1) is 17.6. The minimum Gasteiger partial charge on any atom is -0.333 e. The van der Waals surface area contributed by atoms with Crippen LogP contribution in [0.5, 0.6) is 0 Å². The summed E-state index contributed by atoms with van der Waals surface area (Å²) >= 11 is 0. The summed E-state index contributed by atoms with van der Waals surface area (Å²) in [6.07, 6.45) is 9.94. The van der Waals surface area contributed by atoms with Crippen LogP contribution in [0.2, 0.25) is 0 Å². The lowest BCUT2D eigenvalue weighted by molar-refractivity contribution is 0.648. The predicted octanol–water partition coefficient (Wildman–Crippen LogP) is 7.95. The summed E-state index contributed by atoms with van der Waals surface area (Å²) in [6, 6.07) is 33.4. The van der Waals surface area contributed by atoms with Gasteiger partial charge in [-0.25, -0.2) is 0 Å². The molecule has 4 aromatic carbocycles. The quantitative estimate of drug-likeness (QED) is 0.274. The number of hydrogen-bond acceptors (Lipinski definition) is 0. The van der Waals surface area contributed by atoms with Crippen LogP contribution in [0.3, 0.4) is 0 Å². The molecule has 152 valence electrons. The Morgan fingerprint density at radius 2 is 1.22 bits per heavy atom. The zero-order chi connectivity index (χ0) is 21.1. The molecular formula is C30H22N2. The number of benzene rings is 4. The fourth-order valence-electron chi connectivity index (χ4n) is 5.43. The molecule has 2 heteroatoms. The van der Waals surface area contributed by atoms with E-state index in [1.54, 1.807) is 0 Å². The van der Waals surface area contributed by atoms with Crippen molar-refractivity contribution in [3.63, 3.8) is 0 Å². The molecule has 0 saturated carbocycles. The molecule has 6 aromatic rings. The standard InChI is InChI=1S/C30H22N2/c1-3-11-21(12-4-1)31-27-17-9-7-15-23(27)25-20-30-26(19-29(25)31)24-16-8-10-18-28(24)32(30)22-13-5-2-6-14-22/h1-13,15-20,22H,14H2. The molecule has 2 heterocycles. The van der Waals surface area contributed by atoms with Gasteiger partial charge in [-0.2, -0.15) is 0 Å². The Bertz CT molecular complexity index is 1690. The van der Waals surface area contributed by atoms with Gasteiger partial charge in [-0.1, -0.05) is 78.9 Å². The third-order valence-corrected chi connectivity index (χ3v) is 6.81. The number of fused-ring (bicyclic) bond motifs is 6. The molecule has 0 fully saturated rings. The minimum absolute atomic E-state index is 0.335. The fraction of sp³-hybridized carbons (Fsp3) is 0.0667. The van der Waals surface area contributed by atoms with Gasteiger partial charge in [0.05, 0.1) is 22.6 Å². The predicted molar refractivity (Wildman–Crippen MR) is 136 cm³/mol. The van der Waals surface area contributed by atoms with E-state index >= 15 is 0 Å². The number of nitrogens with zero attached hydrogens (tertiary/aromatic N) is 2. The largest absolute Gasteiger partial charge is 0.333 e. The van der Waals surface area contributed by atoms with Crippen molar-refractivity contribution in [3.8, 4) is 5.69 Å². The van der Waals surface area contributed by atoms with Crippen LogP contribution in [0, 0.1) is 0 Å². The minimum atomic E-state index is 0.335. The number of para-hydroxylation sites is 3. The Morgan fingerprint density at radius 3 is 2.00 bits per heavy atom. The zero-order valence-electron chi connectivity index (χ0n) is 17.6. The maximum Gasteiger partial charge on any atom is 0.0560 e. The zero-order valence-corrected chi connectivity index (χ0v) is 17.6. The van der Waals surface area contributed by atoms with E-state index in [2.05, 4.69) is 124 Å². The van der Waals surface area contributed by atoms with Crippen molar-refractivity contribution < 1.29 is 0 Å². The van der Waals surface area contributed by atoms with Crippen LogP contribution < -0.4 is 0 Å². The summed E-state index contributed by atoms with van der Waals surface area (Å²) in [7, 11) is 0. The van der Waals surface area contributed by atoms with Gasteiger partial charge in [0.2, 0.25) is 0 Å². The molecule has 1 atom stereocenters. The van der Waals surface area contributed by atoms with Crippen LogP contribution in [0.4, 0.5) is 0 Å². The number of allylic oxidation sites excluding steroid dienone is 4. The molecule has 2 nitrogen and oxygen atoms in total. The molecule has 0 N–H and O–H groups in total.